The Morgan fingerprint density at radius 3 is 2.88 bits per heavy atom. The minimum Gasteiger partial charge on any atom is -0.481 e. The van der Waals surface area contributed by atoms with Gasteiger partial charge < -0.3 is 10.1 Å². The van der Waals surface area contributed by atoms with E-state index in [0.29, 0.717) is 5.88 Å². The highest BCUT2D eigenvalue weighted by Gasteiger charge is 2.38. The van der Waals surface area contributed by atoms with Crippen LogP contribution in [0.4, 0.5) is 5.69 Å². The van der Waals surface area contributed by atoms with Crippen molar-refractivity contribution in [3.05, 3.63) is 18.3 Å². The molecule has 1 heterocycles. The van der Waals surface area contributed by atoms with Gasteiger partial charge in [0.25, 0.3) is 0 Å². The molecule has 17 heavy (non-hydrogen) atoms. The van der Waals surface area contributed by atoms with E-state index >= 15 is 0 Å². The lowest BCUT2D eigenvalue weighted by atomic mass is 9.89. The van der Waals surface area contributed by atoms with Crippen molar-refractivity contribution in [1.82, 2.24) is 4.98 Å². The summed E-state index contributed by atoms with van der Waals surface area (Å²) in [7, 11) is 1.64. The minimum absolute atomic E-state index is 0.676. The topological polar surface area (TPSA) is 34.1 Å². The maximum absolute atomic E-state index is 5.05. The third-order valence-corrected chi connectivity index (χ3v) is 4.40. The SMILES string of the molecule is COc1ccc(NCC2CC3CCC2C3)cn1. The van der Waals surface area contributed by atoms with E-state index in [2.05, 4.69) is 10.3 Å². The van der Waals surface area contributed by atoms with Gasteiger partial charge in [-0.2, -0.15) is 0 Å². The van der Waals surface area contributed by atoms with Crippen molar-refractivity contribution in [3.63, 3.8) is 0 Å². The lowest BCUT2D eigenvalue weighted by Gasteiger charge is -2.22. The molecule has 3 unspecified atom stereocenters. The molecule has 0 radical (unpaired) electrons. The Kier molecular flexibility index (Phi) is 2.91. The zero-order valence-electron chi connectivity index (χ0n) is 10.4. The maximum atomic E-state index is 5.05. The van der Waals surface area contributed by atoms with Gasteiger partial charge in [0.1, 0.15) is 0 Å². The van der Waals surface area contributed by atoms with Crippen molar-refractivity contribution in [3.8, 4) is 5.88 Å². The van der Waals surface area contributed by atoms with Crippen LogP contribution in [-0.4, -0.2) is 18.6 Å². The largest absolute Gasteiger partial charge is 0.481 e. The zero-order chi connectivity index (χ0) is 11.7. The fraction of sp³-hybridized carbons (Fsp3) is 0.643. The fourth-order valence-electron chi connectivity index (χ4n) is 3.48. The van der Waals surface area contributed by atoms with Crippen LogP contribution in [0.25, 0.3) is 0 Å². The summed E-state index contributed by atoms with van der Waals surface area (Å²) in [5.74, 6) is 3.57. The Hall–Kier alpha value is -1.25. The van der Waals surface area contributed by atoms with Crippen LogP contribution in [-0.2, 0) is 0 Å². The molecule has 2 bridgehead atoms. The van der Waals surface area contributed by atoms with Crippen LogP contribution in [0.1, 0.15) is 25.7 Å². The van der Waals surface area contributed by atoms with Crippen molar-refractivity contribution in [2.45, 2.75) is 25.7 Å². The van der Waals surface area contributed by atoms with Crippen LogP contribution in [0.2, 0.25) is 0 Å². The smallest absolute Gasteiger partial charge is 0.213 e. The van der Waals surface area contributed by atoms with Crippen molar-refractivity contribution < 1.29 is 4.74 Å². The molecule has 3 atom stereocenters. The lowest BCUT2D eigenvalue weighted by molar-refractivity contribution is 0.348. The Bertz CT molecular complexity index is 376. The quantitative estimate of drug-likeness (QED) is 0.866. The molecule has 1 N–H and O–H groups in total. The second kappa shape index (κ2) is 4.55. The van der Waals surface area contributed by atoms with Gasteiger partial charge in [-0.15, -0.1) is 0 Å². The minimum atomic E-state index is 0.676. The van der Waals surface area contributed by atoms with Crippen molar-refractivity contribution >= 4 is 5.69 Å². The molecule has 0 aromatic carbocycles. The van der Waals surface area contributed by atoms with Gasteiger partial charge in [0.2, 0.25) is 5.88 Å². The monoisotopic (exact) mass is 232 g/mol. The summed E-state index contributed by atoms with van der Waals surface area (Å²) in [5, 5.41) is 3.50. The van der Waals surface area contributed by atoms with Gasteiger partial charge in [0, 0.05) is 12.6 Å². The summed E-state index contributed by atoms with van der Waals surface area (Å²) in [6.45, 7) is 1.11. The second-order valence-corrected chi connectivity index (χ2v) is 5.41. The Labute approximate surface area is 103 Å². The van der Waals surface area contributed by atoms with E-state index < -0.39 is 0 Å². The van der Waals surface area contributed by atoms with Crippen molar-refractivity contribution in [2.75, 3.05) is 19.0 Å². The average molecular weight is 232 g/mol. The number of hydrogen-bond acceptors (Lipinski definition) is 3. The number of pyridine rings is 1. The lowest BCUT2D eigenvalue weighted by Crippen LogP contribution is -2.20. The van der Waals surface area contributed by atoms with Crippen LogP contribution in [0, 0.1) is 17.8 Å². The van der Waals surface area contributed by atoms with Crippen LogP contribution in [0.5, 0.6) is 5.88 Å². The molecule has 2 fully saturated rings. The van der Waals surface area contributed by atoms with E-state index in [9.17, 15) is 0 Å². The Morgan fingerprint density at radius 2 is 2.29 bits per heavy atom. The summed E-state index contributed by atoms with van der Waals surface area (Å²) < 4.78 is 5.05. The molecule has 3 heteroatoms. The number of anilines is 1. The standard InChI is InChI=1S/C14H20N2O/c1-17-14-5-4-13(9-16-14)15-8-12-7-10-2-3-11(12)6-10/h4-5,9-12,15H,2-3,6-8H2,1H3. The number of hydrogen-bond donors (Lipinski definition) is 1. The molecule has 92 valence electrons. The molecule has 0 spiro atoms. The second-order valence-electron chi connectivity index (χ2n) is 5.41. The van der Waals surface area contributed by atoms with E-state index in [1.807, 2.05) is 18.3 Å². The maximum Gasteiger partial charge on any atom is 0.213 e. The van der Waals surface area contributed by atoms with E-state index in [4.69, 9.17) is 4.74 Å². The first-order valence-electron chi connectivity index (χ1n) is 6.59. The highest BCUT2D eigenvalue weighted by molar-refractivity contribution is 5.42. The number of methoxy groups -OCH3 is 1. The van der Waals surface area contributed by atoms with Gasteiger partial charge in [-0.05, 0) is 43.1 Å². The third-order valence-electron chi connectivity index (χ3n) is 4.40. The van der Waals surface area contributed by atoms with Gasteiger partial charge in [0.05, 0.1) is 19.0 Å². The molecule has 3 nitrogen and oxygen atoms in total. The highest BCUT2D eigenvalue weighted by atomic mass is 16.5. The molecule has 2 aliphatic carbocycles. The molecule has 0 aliphatic heterocycles. The average Bonchev–Trinajstić information content (AvgIpc) is 2.99. The molecular formula is C14H20N2O. The van der Waals surface area contributed by atoms with Crippen LogP contribution < -0.4 is 10.1 Å². The van der Waals surface area contributed by atoms with Crippen molar-refractivity contribution in [2.24, 2.45) is 17.8 Å². The summed E-state index contributed by atoms with van der Waals surface area (Å²) in [4.78, 5) is 4.21. The number of nitrogens with zero attached hydrogens (tertiary/aromatic N) is 1. The van der Waals surface area contributed by atoms with Gasteiger partial charge in [-0.3, -0.25) is 0 Å². The highest BCUT2D eigenvalue weighted by Crippen LogP contribution is 2.48. The molecule has 2 saturated carbocycles. The number of aromatic nitrogens is 1. The molecule has 0 amide bonds. The van der Waals surface area contributed by atoms with Crippen LogP contribution in [0.3, 0.4) is 0 Å². The fourth-order valence-corrected chi connectivity index (χ4v) is 3.48. The van der Waals surface area contributed by atoms with Gasteiger partial charge in [-0.1, -0.05) is 6.42 Å². The van der Waals surface area contributed by atoms with E-state index in [-0.39, 0.29) is 0 Å². The summed E-state index contributed by atoms with van der Waals surface area (Å²) >= 11 is 0. The number of fused-ring (bicyclic) bond motifs is 2. The molecule has 1 aromatic heterocycles. The van der Waals surface area contributed by atoms with Gasteiger partial charge in [-0.25, -0.2) is 4.98 Å². The first-order chi connectivity index (χ1) is 8.35. The van der Waals surface area contributed by atoms with Gasteiger partial charge >= 0.3 is 0 Å². The molecule has 0 saturated heterocycles. The van der Waals surface area contributed by atoms with E-state index in [0.717, 1.165) is 30.0 Å². The predicted molar refractivity (Wildman–Crippen MR) is 68.2 cm³/mol. The first kappa shape index (κ1) is 10.9. The van der Waals surface area contributed by atoms with Gasteiger partial charge in [0.15, 0.2) is 0 Å². The van der Waals surface area contributed by atoms with E-state index in [1.54, 1.807) is 7.11 Å². The molecule has 1 aromatic rings. The molecule has 2 aliphatic rings. The Balaban J connectivity index is 1.53. The predicted octanol–water partition coefficient (Wildman–Crippen LogP) is 2.94. The summed E-state index contributed by atoms with van der Waals surface area (Å²) in [6, 6.07) is 3.95. The normalized spacial score (nSPS) is 30.5. The number of ether oxygens (including phenoxy) is 1. The Morgan fingerprint density at radius 1 is 1.35 bits per heavy atom. The molecular weight excluding hydrogens is 212 g/mol. The zero-order valence-corrected chi connectivity index (χ0v) is 10.4. The number of nitrogens with one attached hydrogen (secondary N) is 1. The van der Waals surface area contributed by atoms with Crippen LogP contribution >= 0.6 is 0 Å². The summed E-state index contributed by atoms with van der Waals surface area (Å²) in [6.07, 6.45) is 7.70. The van der Waals surface area contributed by atoms with E-state index in [1.165, 1.54) is 25.7 Å². The van der Waals surface area contributed by atoms with Crippen molar-refractivity contribution in [1.29, 1.82) is 0 Å². The van der Waals surface area contributed by atoms with Crippen LogP contribution in [0.15, 0.2) is 18.3 Å². The third kappa shape index (κ3) is 2.24. The number of rotatable bonds is 4. The summed E-state index contributed by atoms with van der Waals surface area (Å²) in [5.41, 5.74) is 1.11. The molecule has 3 rings (SSSR count). The first-order valence-corrected chi connectivity index (χ1v) is 6.59.